The average Bonchev–Trinajstić information content (AvgIpc) is 1.71. The van der Waals surface area contributed by atoms with Crippen molar-refractivity contribution in [3.05, 3.63) is 51.0 Å². The zero-order chi connectivity index (χ0) is 64.2. The number of ketones is 1. The number of ether oxygens (including phenoxy) is 4. The lowest BCUT2D eigenvalue weighted by Crippen LogP contribution is -2.38. The van der Waals surface area contributed by atoms with Gasteiger partial charge in [0.25, 0.3) is 11.1 Å². The van der Waals surface area contributed by atoms with Gasteiger partial charge in [0.1, 0.15) is 54.2 Å². The highest BCUT2D eigenvalue weighted by atomic mass is 31.3. The van der Waals surface area contributed by atoms with Crippen LogP contribution in [0.25, 0.3) is 28.0 Å². The van der Waals surface area contributed by atoms with Crippen molar-refractivity contribution in [3.8, 4) is 0 Å². The highest BCUT2D eigenvalue weighted by Crippen LogP contribution is 2.72. The fraction of sp³-hybridized carbons (Fsp3) is 0.595. The predicted molar refractivity (Wildman–Crippen MR) is 294 cm³/mol. The van der Waals surface area contributed by atoms with E-state index in [2.05, 4.69) is 52.8 Å². The maximum Gasteiger partial charge on any atom is 0.490 e. The molecule has 0 amide bonds. The van der Waals surface area contributed by atoms with Gasteiger partial charge in [0.15, 0.2) is 46.8 Å². The first-order valence-corrected chi connectivity index (χ1v) is 33.7. The summed E-state index contributed by atoms with van der Waals surface area (Å²) in [5.41, 5.74) is 16.7. The summed E-state index contributed by atoms with van der Waals surface area (Å²) in [5, 5.41) is 33.4. The number of rotatable bonds is 27. The van der Waals surface area contributed by atoms with Gasteiger partial charge in [0.2, 0.25) is 11.9 Å². The largest absolute Gasteiger partial charge is 0.490 e. The van der Waals surface area contributed by atoms with E-state index in [0.717, 1.165) is 34.5 Å². The van der Waals surface area contributed by atoms with Gasteiger partial charge in [-0.25, -0.2) is 42.8 Å². The molecule has 0 radical (unpaired) electrons. The van der Waals surface area contributed by atoms with Gasteiger partial charge in [-0.3, -0.25) is 56.1 Å². The van der Waals surface area contributed by atoms with Gasteiger partial charge in [-0.05, 0) is 18.4 Å². The molecule has 3 fully saturated rings. The van der Waals surface area contributed by atoms with E-state index in [9.17, 15) is 77.0 Å². The third-order valence-electron chi connectivity index (χ3n) is 14.3. The fourth-order valence-electron chi connectivity index (χ4n) is 10.1. The summed E-state index contributed by atoms with van der Waals surface area (Å²) in [4.78, 5) is 121. The smallest absolute Gasteiger partial charge is 0.397 e. The molecule has 46 heteroatoms. The number of nitrogens with one attached hydrogen (secondary N) is 2. The first-order valence-electron chi connectivity index (χ1n) is 26.2. The molecule has 0 bridgehead atoms. The van der Waals surface area contributed by atoms with Gasteiger partial charge in [0.05, 0.1) is 50.6 Å². The molecule has 9 heterocycles. The van der Waals surface area contributed by atoms with Crippen molar-refractivity contribution < 1.29 is 117 Å². The second-order valence-corrected chi connectivity index (χ2v) is 27.8. The zero-order valence-corrected chi connectivity index (χ0v) is 50.8. The number of aromatic amines is 2. The average molecular weight is 1350 g/mol. The number of aromatic nitrogens is 10. The van der Waals surface area contributed by atoms with Crippen molar-refractivity contribution in [2.75, 3.05) is 38.4 Å². The Balaban J connectivity index is 0.875. The van der Waals surface area contributed by atoms with E-state index in [0.29, 0.717) is 25.7 Å². The van der Waals surface area contributed by atoms with Crippen LogP contribution in [-0.4, -0.2) is 176 Å². The lowest BCUT2D eigenvalue weighted by atomic mass is 9.87. The molecule has 18 atom stereocenters. The number of allylic oxidation sites excluding steroid dienone is 1. The number of phosphoric acid groups is 5. The number of hydrogen-bond acceptors (Lipinski definition) is 31. The summed E-state index contributed by atoms with van der Waals surface area (Å²) in [6.45, 7) is 1.81. The normalized spacial score (nSPS) is 29.5. The Bertz CT molecular complexity index is 3880. The quantitative estimate of drug-likeness (QED) is 0.0314. The summed E-state index contributed by atoms with van der Waals surface area (Å²) in [6, 6.07) is 0. The number of aliphatic hydroxyl groups excluding tert-OH is 3. The van der Waals surface area contributed by atoms with Gasteiger partial charge in [-0.2, -0.15) is 22.9 Å². The second kappa shape index (κ2) is 26.2. The van der Waals surface area contributed by atoms with Crippen LogP contribution in [0.1, 0.15) is 77.3 Å². The lowest BCUT2D eigenvalue weighted by Gasteiger charge is -2.26. The van der Waals surface area contributed by atoms with Crippen molar-refractivity contribution in [1.82, 2.24) is 48.6 Å². The molecule has 6 unspecified atom stereocenters. The van der Waals surface area contributed by atoms with Crippen LogP contribution in [0.15, 0.2) is 39.1 Å². The summed E-state index contributed by atoms with van der Waals surface area (Å²) < 4.78 is 126. The van der Waals surface area contributed by atoms with Crippen LogP contribution < -0.4 is 28.3 Å². The van der Waals surface area contributed by atoms with Gasteiger partial charge >= 0.3 is 39.1 Å². The SMILES string of the molecule is CCCC(C)C(=O)C[C@H]1[C@@H](O)[C@H](n2cnc3c(=O)[nH]c(N)nc32)O[C@@H]1COP(=O)(O)OP(=O)(O)OP(=O)(O)OP(=O)(O)OC[C@H]1O[C@@H](n2cnc3c2N=CCC(CC)=C3N)[C@H](OC)[C@@H]1OP(=O)(O)OC[C@H]1O[C@@H](n2cnc3c(=O)[nH]c(N)nc32)[C@H](O)[C@@H]1O. The molecule has 0 saturated carbocycles. The number of aliphatic imine (C=N–C) groups is 1. The van der Waals surface area contributed by atoms with Crippen LogP contribution in [0.2, 0.25) is 0 Å². The Labute approximate surface area is 493 Å². The number of phosphoric ester groups is 3. The standard InChI is InChI=1S/C42H61N14O27P5/c1-5-7-17(3)20(57)10-19-21(77-38(28(19)58)55-15-48-26-34(55)50-41(44)52-36(26)61)11-75-85(65,66)81-87(69,70)83-88(71,72)82-86(67,68)76-13-23-31(32(73-4)40(79-23)54-14-47-25-24(43)18(6-2)8-9-46-33(25)54)80-84(63,64)74-12-22-29(59)30(60)39(78-22)56-16-49-27-35(56)51-42(45)53-37(27)62/h9,14-17,19,21-23,28-32,38-40,58-60H,5-8,10-13,43H2,1-4H3,(H,63,64)(H,65,66)(H,67,68)(H,69,70)(H,71,72)(H3,44,50,52,61)(H3,45,51,53,62)/t17?,19-,21-,22-,23-,28-,29-,30-,31-,32-,38-,39-,40-/m1/s1. The summed E-state index contributed by atoms with van der Waals surface area (Å²) >= 11 is 0. The predicted octanol–water partition coefficient (Wildman–Crippen LogP) is 0.288. The fourth-order valence-corrected chi connectivity index (χ4v) is 16.0. The van der Waals surface area contributed by atoms with Gasteiger partial charge in [0, 0.05) is 38.0 Å². The number of fused-ring (bicyclic) bond motifs is 3. The Morgan fingerprint density at radius 2 is 1.18 bits per heavy atom. The number of carbonyl (C=O) groups is 1. The topological polar surface area (TPSA) is 601 Å². The van der Waals surface area contributed by atoms with Crippen LogP contribution >= 0.6 is 39.1 Å². The van der Waals surface area contributed by atoms with Crippen LogP contribution in [-0.2, 0) is 77.6 Å². The highest BCUT2D eigenvalue weighted by molar-refractivity contribution is 7.69. The molecule has 0 spiro atoms. The molecular formula is C42H61N14O27P5. The summed E-state index contributed by atoms with van der Waals surface area (Å²) in [6.07, 6.45) is -12.2. The molecule has 0 aliphatic carbocycles. The lowest BCUT2D eigenvalue weighted by molar-refractivity contribution is -0.124. The van der Waals surface area contributed by atoms with E-state index in [4.69, 9.17) is 54.2 Å². The minimum atomic E-state index is -6.48. The Morgan fingerprint density at radius 1 is 0.682 bits per heavy atom. The second-order valence-electron chi connectivity index (χ2n) is 20.2. The molecule has 41 nitrogen and oxygen atoms in total. The number of H-pyrrole nitrogens is 2. The van der Waals surface area contributed by atoms with E-state index in [1.165, 1.54) is 17.1 Å². The number of Topliss-reactive ketones (excluding diaryl/α,β-unsaturated/α-hetero) is 1. The van der Waals surface area contributed by atoms with Gasteiger partial charge < -0.3 is 75.9 Å². The number of aliphatic hydroxyl groups is 3. The van der Waals surface area contributed by atoms with Crippen LogP contribution in [0, 0.1) is 11.8 Å². The number of anilines is 2. The van der Waals surface area contributed by atoms with E-state index in [-0.39, 0.29) is 57.2 Å². The van der Waals surface area contributed by atoms with E-state index in [1.54, 1.807) is 6.92 Å². The number of nitrogen functional groups attached to an aromatic ring is 2. The van der Waals surface area contributed by atoms with Crippen molar-refractivity contribution in [1.29, 1.82) is 0 Å². The maximum atomic E-state index is 13.9. The molecule has 4 aliphatic heterocycles. The first-order chi connectivity index (χ1) is 41.3. The molecule has 88 heavy (non-hydrogen) atoms. The molecule has 5 aromatic rings. The van der Waals surface area contributed by atoms with Crippen LogP contribution in [0.4, 0.5) is 17.7 Å². The number of nitrogens with zero attached hydrogens (tertiary/aromatic N) is 9. The molecule has 486 valence electrons. The molecule has 4 aliphatic rings. The Hall–Kier alpha value is -5.22. The summed E-state index contributed by atoms with van der Waals surface area (Å²) in [7, 11) is -29.5. The molecule has 0 aromatic carbocycles. The molecule has 16 N–H and O–H groups in total. The highest BCUT2D eigenvalue weighted by Gasteiger charge is 2.54. The third kappa shape index (κ3) is 14.6. The van der Waals surface area contributed by atoms with Crippen LogP contribution in [0.5, 0.6) is 0 Å². The molecule has 9 rings (SSSR count). The van der Waals surface area contributed by atoms with Crippen molar-refractivity contribution in [2.45, 2.75) is 120 Å². The number of imidazole rings is 3. The van der Waals surface area contributed by atoms with Gasteiger partial charge in [-0.1, -0.05) is 27.2 Å². The minimum Gasteiger partial charge on any atom is -0.397 e. The number of carbonyl (C=O) groups excluding carboxylic acids is 1. The maximum absolute atomic E-state index is 13.9. The van der Waals surface area contributed by atoms with E-state index < -0.39 is 156 Å². The molecule has 3 saturated heterocycles. The van der Waals surface area contributed by atoms with Crippen molar-refractivity contribution in [3.63, 3.8) is 0 Å². The third-order valence-corrected chi connectivity index (χ3v) is 21.2. The number of nitrogens with two attached hydrogens (primary N) is 3. The Morgan fingerprint density at radius 3 is 1.74 bits per heavy atom. The van der Waals surface area contributed by atoms with Crippen molar-refractivity contribution in [2.24, 2.45) is 22.6 Å². The molecule has 5 aromatic heterocycles. The van der Waals surface area contributed by atoms with E-state index >= 15 is 0 Å². The zero-order valence-electron chi connectivity index (χ0n) is 46.3. The summed E-state index contributed by atoms with van der Waals surface area (Å²) in [5.74, 6) is -2.79. The van der Waals surface area contributed by atoms with Crippen LogP contribution in [0.3, 0.4) is 0 Å². The van der Waals surface area contributed by atoms with Crippen molar-refractivity contribution >= 4 is 96.9 Å². The van der Waals surface area contributed by atoms with Gasteiger partial charge in [-0.15, -0.1) is 0 Å². The first kappa shape index (κ1) is 67.2. The van der Waals surface area contributed by atoms with E-state index in [1.807, 2.05) is 13.8 Å². The minimum absolute atomic E-state index is 0.0594. The Kier molecular flexibility index (Phi) is 20.0. The monoisotopic (exact) mass is 1350 g/mol. The number of hydrogen-bond donors (Lipinski definition) is 13. The number of methoxy groups -OCH3 is 1. The molecular weight excluding hydrogens is 1290 g/mol.